The number of aliphatic carboxylic acids is 1. The quantitative estimate of drug-likeness (QED) is 0.0568. The van der Waals surface area contributed by atoms with Crippen molar-refractivity contribution in [3.63, 3.8) is 0 Å². The number of hydrogen-bond donors (Lipinski definition) is 2. The number of benzene rings is 4. The van der Waals surface area contributed by atoms with Gasteiger partial charge < -0.3 is 34.3 Å². The molecule has 20 heteroatoms. The second-order valence-electron chi connectivity index (χ2n) is 20.5. The van der Waals surface area contributed by atoms with Crippen LogP contribution >= 0.6 is 12.4 Å². The maximum absolute atomic E-state index is 13.1. The maximum Gasteiger partial charge on any atom is 0.329 e. The first-order valence-electron chi connectivity index (χ1n) is 26.6. The number of ether oxygens (including phenoxy) is 4. The molecule has 6 rings (SSSR count). The maximum atomic E-state index is 13.1. The summed E-state index contributed by atoms with van der Waals surface area (Å²) in [5.41, 5.74) is 7.56. The number of carboxylic acids is 1. The minimum absolute atomic E-state index is 0. The van der Waals surface area contributed by atoms with Gasteiger partial charge in [0.2, 0.25) is 26.0 Å². The van der Waals surface area contributed by atoms with Gasteiger partial charge in [0.25, 0.3) is 0 Å². The van der Waals surface area contributed by atoms with Gasteiger partial charge in [-0.1, -0.05) is 81.6 Å². The first kappa shape index (κ1) is 70.4. The van der Waals surface area contributed by atoms with Crippen molar-refractivity contribution in [2.24, 2.45) is 0 Å². The van der Waals surface area contributed by atoms with E-state index >= 15 is 0 Å². The molecular weight excluding hydrogens is 1070 g/mol. The van der Waals surface area contributed by atoms with Crippen LogP contribution < -0.4 is 14.8 Å². The molecule has 2 saturated carbocycles. The van der Waals surface area contributed by atoms with Gasteiger partial charge in [0, 0.05) is 72.5 Å². The minimum atomic E-state index is -3.70. The zero-order valence-corrected chi connectivity index (χ0v) is 50.8. The van der Waals surface area contributed by atoms with Crippen LogP contribution in [0.5, 0.6) is 11.5 Å². The number of methoxy groups -OCH3 is 2. The van der Waals surface area contributed by atoms with Crippen molar-refractivity contribution in [3.05, 3.63) is 117 Å². The molecule has 0 aliphatic heterocycles. The summed E-state index contributed by atoms with van der Waals surface area (Å²) in [7, 11) is 6.85. The largest absolute Gasteiger partial charge is 0.497 e. The third kappa shape index (κ3) is 22.0. The Morgan fingerprint density at radius 3 is 1.23 bits per heavy atom. The van der Waals surface area contributed by atoms with E-state index in [1.54, 1.807) is 71.0 Å². The summed E-state index contributed by atoms with van der Waals surface area (Å²) in [6, 6.07) is 25.7. The summed E-state index contributed by atoms with van der Waals surface area (Å²) in [5, 5.41) is 11.6. The highest BCUT2D eigenvalue weighted by Gasteiger charge is 2.27. The lowest BCUT2D eigenvalue weighted by molar-refractivity contribution is -0.142. The van der Waals surface area contributed by atoms with Gasteiger partial charge in [-0.3, -0.25) is 14.6 Å². The molecule has 0 spiro atoms. The van der Waals surface area contributed by atoms with Gasteiger partial charge in [-0.05, 0) is 143 Å². The molecule has 2 aliphatic rings. The van der Waals surface area contributed by atoms with E-state index in [-0.39, 0.29) is 68.4 Å². The molecule has 0 heterocycles. The van der Waals surface area contributed by atoms with E-state index in [0.717, 1.165) is 35.5 Å². The zero-order chi connectivity index (χ0) is 56.9. The Bertz CT molecular complexity index is 2660. The number of carbonyl (C=O) groups excluding carboxylic acids is 1. The van der Waals surface area contributed by atoms with Crippen LogP contribution in [0, 0.1) is 27.7 Å². The third-order valence-corrected chi connectivity index (χ3v) is 18.6. The Morgan fingerprint density at radius 1 is 0.570 bits per heavy atom. The number of halogens is 1. The minimum Gasteiger partial charge on any atom is -0.497 e. The monoisotopic (exact) mass is 1160 g/mol. The Labute approximate surface area is 480 Å². The number of nitrogens with one attached hydrogen (secondary N) is 1. The summed E-state index contributed by atoms with van der Waals surface area (Å²) in [4.78, 5) is 30.0. The number of likely N-dealkylation sites (N-methyl/N-ethyl adjacent to an activating group) is 3. The van der Waals surface area contributed by atoms with Crippen LogP contribution in [0.25, 0.3) is 0 Å². The molecule has 0 radical (unpaired) electrons. The van der Waals surface area contributed by atoms with E-state index < -0.39 is 32.6 Å². The molecule has 2 aliphatic carbocycles. The van der Waals surface area contributed by atoms with E-state index in [1.807, 2.05) is 7.05 Å². The normalized spacial score (nSPS) is 13.8. The molecule has 1 amide bonds. The summed E-state index contributed by atoms with van der Waals surface area (Å²) in [6.07, 6.45) is 10.8. The molecule has 0 saturated heterocycles. The average molecular weight is 1160 g/mol. The van der Waals surface area contributed by atoms with Crippen LogP contribution in [0.2, 0.25) is 0 Å². The number of hydrogen-bond acceptors (Lipinski definition) is 13. The van der Waals surface area contributed by atoms with Gasteiger partial charge >= 0.3 is 5.97 Å². The van der Waals surface area contributed by atoms with Gasteiger partial charge in [-0.15, -0.1) is 12.4 Å². The van der Waals surface area contributed by atoms with Gasteiger partial charge in [-0.25, -0.2) is 21.6 Å². The summed E-state index contributed by atoms with van der Waals surface area (Å²) in [6.45, 7) is 10.2. The van der Waals surface area contributed by atoms with Crippen LogP contribution in [-0.4, -0.2) is 165 Å². The number of carbonyl (C=O) groups is 2. The van der Waals surface area contributed by atoms with E-state index in [1.165, 1.54) is 93.6 Å². The molecule has 0 aromatic heterocycles. The molecule has 4 aromatic carbocycles. The lowest BCUT2D eigenvalue weighted by Crippen LogP contribution is -2.33. The molecule has 2 fully saturated rings. The van der Waals surface area contributed by atoms with Crippen LogP contribution in [0.15, 0.2) is 82.6 Å². The fourth-order valence-electron chi connectivity index (χ4n) is 9.84. The lowest BCUT2D eigenvalue weighted by Gasteiger charge is -2.24. The zero-order valence-electron chi connectivity index (χ0n) is 48.3. The smallest absolute Gasteiger partial charge is 0.329 e. The molecule has 444 valence electrons. The van der Waals surface area contributed by atoms with Crippen molar-refractivity contribution >= 4 is 44.3 Å². The van der Waals surface area contributed by atoms with Crippen LogP contribution in [0.3, 0.4) is 0 Å². The predicted molar refractivity (Wildman–Crippen MR) is 317 cm³/mol. The number of rotatable bonds is 26. The number of amides is 1. The molecule has 0 atom stereocenters. The molecule has 4 aromatic rings. The van der Waals surface area contributed by atoms with Crippen LogP contribution in [0.1, 0.15) is 103 Å². The fourth-order valence-corrected chi connectivity index (χ4v) is 13.0. The number of aryl methyl sites for hydroxylation is 4. The molecule has 2 N–H and O–H groups in total. The van der Waals surface area contributed by atoms with E-state index in [2.05, 4.69) is 77.7 Å². The molecule has 0 bridgehead atoms. The topological polar surface area (TPSA) is 188 Å². The highest BCUT2D eigenvalue weighted by molar-refractivity contribution is 7.89. The second-order valence-corrected chi connectivity index (χ2v) is 24.4. The number of carboxylic acid groups (broad SMARTS) is 1. The van der Waals surface area contributed by atoms with Crippen molar-refractivity contribution in [3.8, 4) is 11.5 Å². The second kappa shape index (κ2) is 34.6. The fraction of sp³-hybridized carbons (Fsp3) is 0.559. The first-order valence-corrected chi connectivity index (χ1v) is 29.4. The Hall–Kier alpha value is -4.67. The highest BCUT2D eigenvalue weighted by Crippen LogP contribution is 2.30. The van der Waals surface area contributed by atoms with Crippen LogP contribution in [0.4, 0.5) is 0 Å². The van der Waals surface area contributed by atoms with Gasteiger partial charge in [0.1, 0.15) is 24.7 Å². The van der Waals surface area contributed by atoms with E-state index in [0.29, 0.717) is 46.3 Å². The number of sulfonamides is 2. The summed E-state index contributed by atoms with van der Waals surface area (Å²) < 4.78 is 74.6. The van der Waals surface area contributed by atoms with Gasteiger partial charge in [0.15, 0.2) is 0 Å². The van der Waals surface area contributed by atoms with Crippen molar-refractivity contribution in [1.29, 1.82) is 0 Å². The lowest BCUT2D eigenvalue weighted by atomic mass is 10.1. The molecule has 17 nitrogen and oxygen atoms in total. The summed E-state index contributed by atoms with van der Waals surface area (Å²) in [5.74, 6) is -0.0217. The van der Waals surface area contributed by atoms with Gasteiger partial charge in [0.05, 0.1) is 37.2 Å². The Kier molecular flexibility index (Phi) is 30.8. The van der Waals surface area contributed by atoms with Crippen molar-refractivity contribution in [2.45, 2.75) is 135 Å². The van der Waals surface area contributed by atoms with Crippen LogP contribution in [-0.2, 0) is 65.3 Å². The van der Waals surface area contributed by atoms with E-state index in [4.69, 9.17) is 24.1 Å². The Balaban J connectivity index is 0.000000441. The number of nitrogens with zero attached hydrogens (tertiary/aromatic N) is 5. The standard InChI is InChI=1S/C29H43N3O5S.C15H24N2.C14H21NO6S.CH4.ClH/c1-22-17-27(36-6)18-23(2)29(22)38(34,35)32(5)15-16-37-21-28(33)31(4)20-25-13-11-24(12-14-25)19-30(3)26-9-7-8-10-26;1-16-11-13-7-9-14(10-8-13)12-17(2)15-5-3-4-6-15;1-10-7-12(20-4)8-11(2)14(10)22(18,19)15(3)5-6-21-9-13(16)17;;/h11-14,17-18,26H,7-10,15-16,19-21H2,1-6H3;7-10,15-16H,3-6,11-12H2,1-2H3;7-8H,5-6,9H2,1-4H3,(H,16,17);1H4;1H. The summed E-state index contributed by atoms with van der Waals surface area (Å²) >= 11 is 0. The van der Waals surface area contributed by atoms with Gasteiger partial charge in [-0.2, -0.15) is 8.61 Å². The molecular formula is C59H93ClN6O11S2. The predicted octanol–water partition coefficient (Wildman–Crippen LogP) is 8.85. The SMILES string of the molecule is C.CNCc1ccc(CN(C)C2CCCC2)cc1.COc1cc(C)c(S(=O)(=O)N(C)CCOCC(=O)N(C)Cc2ccc(CN(C)C3CCCC3)cc2)c(C)c1.COc1cc(C)c(S(=O)(=O)N(C)CCOCC(=O)O)c(C)c1.Cl. The average Bonchev–Trinajstić information content (AvgIpc) is 4.16. The molecule has 0 unspecified atom stereocenters. The molecule has 79 heavy (non-hydrogen) atoms. The van der Waals surface area contributed by atoms with Crippen molar-refractivity contribution in [1.82, 2.24) is 28.6 Å². The first-order chi connectivity index (χ1) is 36.5. The Morgan fingerprint density at radius 2 is 0.899 bits per heavy atom. The van der Waals surface area contributed by atoms with Crippen molar-refractivity contribution in [2.75, 3.05) is 96.0 Å². The third-order valence-electron chi connectivity index (χ3n) is 14.3. The van der Waals surface area contributed by atoms with Crippen molar-refractivity contribution < 1.29 is 50.5 Å². The highest BCUT2D eigenvalue weighted by atomic mass is 35.5. The van der Waals surface area contributed by atoms with E-state index in [9.17, 15) is 26.4 Å².